The summed E-state index contributed by atoms with van der Waals surface area (Å²) >= 11 is 0. The van der Waals surface area contributed by atoms with Crippen molar-refractivity contribution in [2.75, 3.05) is 0 Å². The zero-order valence-corrected chi connectivity index (χ0v) is 10.6. The third-order valence-corrected chi connectivity index (χ3v) is 3.06. The first-order valence-electron chi connectivity index (χ1n) is 6.07. The molecule has 2 aromatic rings. The predicted molar refractivity (Wildman–Crippen MR) is 68.0 cm³/mol. The molecular weight excluding hydrogens is 250 g/mol. The van der Waals surface area contributed by atoms with Gasteiger partial charge in [-0.3, -0.25) is 5.84 Å². The number of hydrogen-bond acceptors (Lipinski definition) is 3. The Morgan fingerprint density at radius 3 is 2.89 bits per heavy atom. The van der Waals surface area contributed by atoms with Crippen LogP contribution in [-0.2, 0) is 13.0 Å². The summed E-state index contributed by atoms with van der Waals surface area (Å²) in [6.45, 7) is 2.71. The van der Waals surface area contributed by atoms with E-state index in [9.17, 15) is 8.78 Å². The molecule has 0 aliphatic heterocycles. The van der Waals surface area contributed by atoms with E-state index in [0.29, 0.717) is 5.82 Å². The molecule has 6 heteroatoms. The largest absolute Gasteiger partial charge is 0.334 e. The van der Waals surface area contributed by atoms with Crippen LogP contribution in [0, 0.1) is 11.6 Å². The Labute approximate surface area is 110 Å². The van der Waals surface area contributed by atoms with Crippen molar-refractivity contribution >= 4 is 0 Å². The predicted octanol–water partition coefficient (Wildman–Crippen LogP) is 1.93. The minimum absolute atomic E-state index is 0.233. The number of aromatic nitrogens is 2. The number of nitrogens with one attached hydrogen (secondary N) is 1. The molecule has 0 aliphatic rings. The summed E-state index contributed by atoms with van der Waals surface area (Å²) in [5.41, 5.74) is 2.87. The Balaban J connectivity index is 2.27. The van der Waals surface area contributed by atoms with Crippen LogP contribution in [0.5, 0.6) is 0 Å². The molecule has 0 spiro atoms. The Morgan fingerprint density at radius 2 is 2.21 bits per heavy atom. The van der Waals surface area contributed by atoms with Crippen molar-refractivity contribution in [3.05, 3.63) is 53.6 Å². The molecule has 19 heavy (non-hydrogen) atoms. The molecule has 1 unspecified atom stereocenters. The van der Waals surface area contributed by atoms with Crippen molar-refractivity contribution < 1.29 is 8.78 Å². The minimum Gasteiger partial charge on any atom is -0.334 e. The molecule has 0 fully saturated rings. The summed E-state index contributed by atoms with van der Waals surface area (Å²) in [4.78, 5) is 4.21. The van der Waals surface area contributed by atoms with Gasteiger partial charge < -0.3 is 4.57 Å². The molecule has 0 amide bonds. The van der Waals surface area contributed by atoms with Crippen molar-refractivity contribution in [2.24, 2.45) is 5.84 Å². The first-order chi connectivity index (χ1) is 9.17. The van der Waals surface area contributed by atoms with Crippen LogP contribution >= 0.6 is 0 Å². The van der Waals surface area contributed by atoms with Gasteiger partial charge in [0.15, 0.2) is 11.6 Å². The summed E-state index contributed by atoms with van der Waals surface area (Å²) in [5, 5.41) is 0. The quantitative estimate of drug-likeness (QED) is 0.642. The van der Waals surface area contributed by atoms with Crippen molar-refractivity contribution in [3.8, 4) is 0 Å². The van der Waals surface area contributed by atoms with Crippen LogP contribution in [0.4, 0.5) is 8.78 Å². The van der Waals surface area contributed by atoms with Gasteiger partial charge in [-0.25, -0.2) is 19.2 Å². The summed E-state index contributed by atoms with van der Waals surface area (Å²) in [6.07, 6.45) is 3.71. The maximum atomic E-state index is 13.7. The second-order valence-corrected chi connectivity index (χ2v) is 4.21. The summed E-state index contributed by atoms with van der Waals surface area (Å²) in [6, 6.07) is 3.75. The van der Waals surface area contributed by atoms with Gasteiger partial charge in [-0.1, -0.05) is 12.1 Å². The Morgan fingerprint density at radius 1 is 1.42 bits per heavy atom. The fourth-order valence-corrected chi connectivity index (χ4v) is 2.05. The van der Waals surface area contributed by atoms with Crippen LogP contribution in [-0.4, -0.2) is 9.55 Å². The van der Waals surface area contributed by atoms with Gasteiger partial charge in [0.05, 0.1) is 6.04 Å². The Hall–Kier alpha value is -1.79. The average molecular weight is 266 g/mol. The highest BCUT2D eigenvalue weighted by atomic mass is 19.2. The van der Waals surface area contributed by atoms with Gasteiger partial charge in [-0.2, -0.15) is 0 Å². The third-order valence-electron chi connectivity index (χ3n) is 3.06. The van der Waals surface area contributed by atoms with Gasteiger partial charge in [0.1, 0.15) is 5.82 Å². The third kappa shape index (κ3) is 2.80. The Bertz CT molecular complexity index is 553. The van der Waals surface area contributed by atoms with Crippen molar-refractivity contribution in [1.29, 1.82) is 0 Å². The number of imidazole rings is 1. The molecule has 0 bridgehead atoms. The molecule has 0 aliphatic carbocycles. The zero-order chi connectivity index (χ0) is 13.8. The molecule has 1 aromatic heterocycles. The molecule has 1 aromatic carbocycles. The number of rotatable bonds is 5. The van der Waals surface area contributed by atoms with E-state index in [4.69, 9.17) is 5.84 Å². The molecule has 0 saturated carbocycles. The number of hydrazine groups is 1. The monoisotopic (exact) mass is 266 g/mol. The number of benzene rings is 1. The highest BCUT2D eigenvalue weighted by Crippen LogP contribution is 2.20. The lowest BCUT2D eigenvalue weighted by atomic mass is 10.0. The van der Waals surface area contributed by atoms with Crippen LogP contribution in [0.15, 0.2) is 30.6 Å². The summed E-state index contributed by atoms with van der Waals surface area (Å²) in [5.74, 6) is 4.52. The van der Waals surface area contributed by atoms with Crippen LogP contribution in [0.1, 0.15) is 24.4 Å². The SMILES string of the molecule is CCn1ccnc1C(Cc1cccc(F)c1F)NN. The first kappa shape index (κ1) is 13.6. The minimum atomic E-state index is -0.855. The van der Waals surface area contributed by atoms with E-state index in [2.05, 4.69) is 10.4 Å². The molecule has 102 valence electrons. The number of halogens is 2. The van der Waals surface area contributed by atoms with E-state index in [1.54, 1.807) is 12.3 Å². The zero-order valence-electron chi connectivity index (χ0n) is 10.6. The highest BCUT2D eigenvalue weighted by molar-refractivity contribution is 5.21. The number of hydrogen-bond donors (Lipinski definition) is 2. The summed E-state index contributed by atoms with van der Waals surface area (Å²) < 4.78 is 28.7. The van der Waals surface area contributed by atoms with E-state index >= 15 is 0 Å². The van der Waals surface area contributed by atoms with Crippen LogP contribution < -0.4 is 11.3 Å². The van der Waals surface area contributed by atoms with Crippen LogP contribution in [0.25, 0.3) is 0 Å². The van der Waals surface area contributed by atoms with E-state index in [0.717, 1.165) is 12.6 Å². The van der Waals surface area contributed by atoms with Gasteiger partial charge >= 0.3 is 0 Å². The molecule has 4 nitrogen and oxygen atoms in total. The molecule has 2 rings (SSSR count). The average Bonchev–Trinajstić information content (AvgIpc) is 2.88. The van der Waals surface area contributed by atoms with Crippen molar-refractivity contribution in [2.45, 2.75) is 25.9 Å². The van der Waals surface area contributed by atoms with Gasteiger partial charge in [0, 0.05) is 18.9 Å². The molecule has 1 heterocycles. The highest BCUT2D eigenvalue weighted by Gasteiger charge is 2.18. The second kappa shape index (κ2) is 5.90. The number of nitrogens with zero attached hydrogens (tertiary/aromatic N) is 2. The van der Waals surface area contributed by atoms with Crippen LogP contribution in [0.2, 0.25) is 0 Å². The standard InChI is InChI=1S/C13H16F2N4/c1-2-19-7-6-17-13(19)11(18-16)8-9-4-3-5-10(14)12(9)15/h3-7,11,18H,2,8,16H2,1H3. The van der Waals surface area contributed by atoms with E-state index < -0.39 is 11.6 Å². The van der Waals surface area contributed by atoms with Crippen LogP contribution in [0.3, 0.4) is 0 Å². The fraction of sp³-hybridized carbons (Fsp3) is 0.308. The maximum absolute atomic E-state index is 13.7. The van der Waals surface area contributed by atoms with E-state index in [1.807, 2.05) is 17.7 Å². The van der Waals surface area contributed by atoms with E-state index in [-0.39, 0.29) is 18.0 Å². The lowest BCUT2D eigenvalue weighted by molar-refractivity contribution is 0.464. The lowest BCUT2D eigenvalue weighted by Crippen LogP contribution is -2.32. The van der Waals surface area contributed by atoms with Crippen molar-refractivity contribution in [1.82, 2.24) is 15.0 Å². The van der Waals surface area contributed by atoms with Gasteiger partial charge in [0.25, 0.3) is 0 Å². The normalized spacial score (nSPS) is 12.6. The molecule has 3 N–H and O–H groups in total. The molecular formula is C13H16F2N4. The van der Waals surface area contributed by atoms with E-state index in [1.165, 1.54) is 6.07 Å². The van der Waals surface area contributed by atoms with Gasteiger partial charge in [-0.15, -0.1) is 0 Å². The second-order valence-electron chi connectivity index (χ2n) is 4.21. The molecule has 0 saturated heterocycles. The summed E-state index contributed by atoms with van der Waals surface area (Å²) in [7, 11) is 0. The molecule has 0 radical (unpaired) electrons. The number of nitrogens with two attached hydrogens (primary N) is 1. The molecule has 1 atom stereocenters. The lowest BCUT2D eigenvalue weighted by Gasteiger charge is -2.17. The van der Waals surface area contributed by atoms with Gasteiger partial charge in [0.2, 0.25) is 0 Å². The van der Waals surface area contributed by atoms with Crippen molar-refractivity contribution in [3.63, 3.8) is 0 Å². The fourth-order valence-electron chi connectivity index (χ4n) is 2.05. The number of aryl methyl sites for hydroxylation is 1. The first-order valence-corrected chi connectivity index (χ1v) is 6.07. The maximum Gasteiger partial charge on any atom is 0.162 e. The smallest absolute Gasteiger partial charge is 0.162 e. The van der Waals surface area contributed by atoms with Gasteiger partial charge in [-0.05, 0) is 25.0 Å². The Kier molecular flexibility index (Phi) is 4.24. The topological polar surface area (TPSA) is 55.9 Å².